The van der Waals surface area contributed by atoms with Crippen molar-refractivity contribution in [2.45, 2.75) is 13.3 Å². The highest BCUT2D eigenvalue weighted by Crippen LogP contribution is 2.27. The zero-order valence-electron chi connectivity index (χ0n) is 11.9. The number of hydrogen-bond acceptors (Lipinski definition) is 5. The highest BCUT2D eigenvalue weighted by Gasteiger charge is 2.26. The van der Waals surface area contributed by atoms with Crippen LogP contribution in [0.5, 0.6) is 0 Å². The standard InChI is InChI=1S/C13H18FN3O4/c1-3-4-16(5-6-18)13(19)9-7-11(15-2)10(14)8-12(9)17(20)21/h7-8,15,18H,3-6H2,1-2H3. The third-order valence-electron chi connectivity index (χ3n) is 2.93. The number of nitrogens with zero attached hydrogens (tertiary/aromatic N) is 2. The van der Waals surface area contributed by atoms with Gasteiger partial charge in [-0.25, -0.2) is 4.39 Å². The van der Waals surface area contributed by atoms with Crippen molar-refractivity contribution in [1.82, 2.24) is 4.90 Å². The van der Waals surface area contributed by atoms with Crippen molar-refractivity contribution in [2.75, 3.05) is 32.1 Å². The molecule has 116 valence electrons. The fourth-order valence-corrected chi connectivity index (χ4v) is 1.95. The number of hydrogen-bond donors (Lipinski definition) is 2. The summed E-state index contributed by atoms with van der Waals surface area (Å²) >= 11 is 0. The van der Waals surface area contributed by atoms with Gasteiger partial charge in [0.1, 0.15) is 5.56 Å². The minimum Gasteiger partial charge on any atom is -0.395 e. The Hall–Kier alpha value is -2.22. The van der Waals surface area contributed by atoms with E-state index in [1.165, 1.54) is 11.9 Å². The van der Waals surface area contributed by atoms with Crippen LogP contribution < -0.4 is 5.32 Å². The molecule has 0 radical (unpaired) electrons. The number of carbonyl (C=O) groups excluding carboxylic acids is 1. The van der Waals surface area contributed by atoms with E-state index in [0.717, 1.165) is 12.1 Å². The molecule has 0 aliphatic carbocycles. The van der Waals surface area contributed by atoms with Crippen LogP contribution in [0.1, 0.15) is 23.7 Å². The molecule has 0 spiro atoms. The van der Waals surface area contributed by atoms with Gasteiger partial charge >= 0.3 is 0 Å². The number of nitrogens with one attached hydrogen (secondary N) is 1. The average Bonchev–Trinajstić information content (AvgIpc) is 2.45. The smallest absolute Gasteiger partial charge is 0.285 e. The van der Waals surface area contributed by atoms with Gasteiger partial charge in [-0.2, -0.15) is 0 Å². The zero-order chi connectivity index (χ0) is 16.0. The van der Waals surface area contributed by atoms with Gasteiger partial charge < -0.3 is 15.3 Å². The molecule has 0 atom stereocenters. The van der Waals surface area contributed by atoms with E-state index >= 15 is 0 Å². The van der Waals surface area contributed by atoms with Crippen molar-refractivity contribution >= 4 is 17.3 Å². The molecule has 7 nitrogen and oxygen atoms in total. The Labute approximate surface area is 121 Å². The van der Waals surface area contributed by atoms with Crippen LogP contribution in [0.25, 0.3) is 0 Å². The first-order chi connectivity index (χ1) is 9.96. The quantitative estimate of drug-likeness (QED) is 0.589. The Kier molecular flexibility index (Phi) is 6.04. The first kappa shape index (κ1) is 16.8. The maximum atomic E-state index is 13.6. The van der Waals surface area contributed by atoms with E-state index in [1.807, 2.05) is 6.92 Å². The Morgan fingerprint density at radius 2 is 2.14 bits per heavy atom. The number of nitro groups is 1. The number of halogens is 1. The third-order valence-corrected chi connectivity index (χ3v) is 2.93. The molecule has 1 aromatic carbocycles. The van der Waals surface area contributed by atoms with Crippen molar-refractivity contribution in [3.05, 3.63) is 33.6 Å². The van der Waals surface area contributed by atoms with Crippen LogP contribution in [0.4, 0.5) is 15.8 Å². The molecule has 2 N–H and O–H groups in total. The fraction of sp³-hybridized carbons (Fsp3) is 0.462. The summed E-state index contributed by atoms with van der Waals surface area (Å²) in [6.45, 7) is 2.01. The normalized spacial score (nSPS) is 10.3. The van der Waals surface area contributed by atoms with Crippen LogP contribution in [0, 0.1) is 15.9 Å². The van der Waals surface area contributed by atoms with Crippen LogP contribution in [0.15, 0.2) is 12.1 Å². The second-order valence-corrected chi connectivity index (χ2v) is 4.37. The number of nitro benzene ring substituents is 1. The van der Waals surface area contributed by atoms with Gasteiger partial charge in [-0.1, -0.05) is 6.92 Å². The Balaban J connectivity index is 3.31. The van der Waals surface area contributed by atoms with Crippen LogP contribution in [0.3, 0.4) is 0 Å². The number of carbonyl (C=O) groups is 1. The lowest BCUT2D eigenvalue weighted by Gasteiger charge is -2.21. The number of aliphatic hydroxyl groups is 1. The van der Waals surface area contributed by atoms with Gasteiger partial charge in [0.25, 0.3) is 11.6 Å². The molecule has 8 heteroatoms. The monoisotopic (exact) mass is 299 g/mol. The predicted octanol–water partition coefficient (Wildman–Crippen LogP) is 1.62. The van der Waals surface area contributed by atoms with E-state index in [0.29, 0.717) is 13.0 Å². The summed E-state index contributed by atoms with van der Waals surface area (Å²) in [7, 11) is 1.45. The summed E-state index contributed by atoms with van der Waals surface area (Å²) in [5.74, 6) is -1.40. The van der Waals surface area contributed by atoms with Crippen LogP contribution in [-0.2, 0) is 0 Å². The fourth-order valence-electron chi connectivity index (χ4n) is 1.95. The molecule has 0 heterocycles. The van der Waals surface area contributed by atoms with Gasteiger partial charge in [0.15, 0.2) is 5.82 Å². The van der Waals surface area contributed by atoms with Crippen molar-refractivity contribution in [2.24, 2.45) is 0 Å². The highest BCUT2D eigenvalue weighted by molar-refractivity contribution is 5.99. The minimum atomic E-state index is -0.801. The largest absolute Gasteiger partial charge is 0.395 e. The van der Waals surface area contributed by atoms with Crippen molar-refractivity contribution < 1.29 is 19.2 Å². The highest BCUT2D eigenvalue weighted by atomic mass is 19.1. The molecule has 0 aliphatic heterocycles. The van der Waals surface area contributed by atoms with E-state index < -0.39 is 22.3 Å². The summed E-state index contributed by atoms with van der Waals surface area (Å²) in [6.07, 6.45) is 0.639. The molecule has 0 aliphatic rings. The first-order valence-corrected chi connectivity index (χ1v) is 6.52. The molecule has 0 bridgehead atoms. The van der Waals surface area contributed by atoms with Gasteiger partial charge in [-0.3, -0.25) is 14.9 Å². The van der Waals surface area contributed by atoms with Gasteiger partial charge in [0.05, 0.1) is 23.3 Å². The lowest BCUT2D eigenvalue weighted by atomic mass is 10.1. The van der Waals surface area contributed by atoms with E-state index in [1.54, 1.807) is 0 Å². The second kappa shape index (κ2) is 7.53. The van der Waals surface area contributed by atoms with Crippen LogP contribution in [0.2, 0.25) is 0 Å². The molecule has 0 saturated heterocycles. The maximum Gasteiger partial charge on any atom is 0.285 e. The Morgan fingerprint density at radius 3 is 2.62 bits per heavy atom. The number of anilines is 1. The molecule has 0 saturated carbocycles. The summed E-state index contributed by atoms with van der Waals surface area (Å²) in [4.78, 5) is 23.9. The average molecular weight is 299 g/mol. The van der Waals surface area contributed by atoms with Crippen molar-refractivity contribution in [1.29, 1.82) is 0 Å². The Bertz CT molecular complexity index is 530. The van der Waals surface area contributed by atoms with Crippen molar-refractivity contribution in [3.63, 3.8) is 0 Å². The van der Waals surface area contributed by atoms with E-state index in [9.17, 15) is 19.3 Å². The van der Waals surface area contributed by atoms with E-state index in [4.69, 9.17) is 5.11 Å². The molecule has 0 fully saturated rings. The minimum absolute atomic E-state index is 0.00407. The second-order valence-electron chi connectivity index (χ2n) is 4.37. The topological polar surface area (TPSA) is 95.7 Å². The molecule has 1 amide bonds. The van der Waals surface area contributed by atoms with Crippen LogP contribution in [-0.4, -0.2) is 47.6 Å². The number of amides is 1. The lowest BCUT2D eigenvalue weighted by molar-refractivity contribution is -0.385. The first-order valence-electron chi connectivity index (χ1n) is 6.52. The lowest BCUT2D eigenvalue weighted by Crippen LogP contribution is -2.34. The zero-order valence-corrected chi connectivity index (χ0v) is 11.9. The number of rotatable bonds is 7. The van der Waals surface area contributed by atoms with Gasteiger partial charge in [0, 0.05) is 20.1 Å². The van der Waals surface area contributed by atoms with Gasteiger partial charge in [-0.05, 0) is 12.5 Å². The molecule has 0 aromatic heterocycles. The molecular weight excluding hydrogens is 281 g/mol. The Morgan fingerprint density at radius 1 is 1.48 bits per heavy atom. The molecule has 1 rings (SSSR count). The SMILES string of the molecule is CCCN(CCO)C(=O)c1cc(NC)c(F)cc1[N+](=O)[O-]. The maximum absolute atomic E-state index is 13.6. The summed E-state index contributed by atoms with van der Waals surface area (Å²) in [5.41, 5.74) is -0.785. The van der Waals surface area contributed by atoms with Gasteiger partial charge in [-0.15, -0.1) is 0 Å². The van der Waals surface area contributed by atoms with Crippen molar-refractivity contribution in [3.8, 4) is 0 Å². The summed E-state index contributed by atoms with van der Waals surface area (Å²) in [6, 6.07) is 1.85. The molecule has 21 heavy (non-hydrogen) atoms. The van der Waals surface area contributed by atoms with Crippen LogP contribution >= 0.6 is 0 Å². The molecule has 1 aromatic rings. The molecular formula is C13H18FN3O4. The van der Waals surface area contributed by atoms with Gasteiger partial charge in [0.2, 0.25) is 0 Å². The number of aliphatic hydroxyl groups excluding tert-OH is 1. The van der Waals surface area contributed by atoms with E-state index in [-0.39, 0.29) is 24.4 Å². The summed E-state index contributed by atoms with van der Waals surface area (Å²) < 4.78 is 13.6. The predicted molar refractivity (Wildman–Crippen MR) is 75.9 cm³/mol. The molecule has 0 unspecified atom stereocenters. The summed E-state index contributed by atoms with van der Waals surface area (Å²) in [5, 5.41) is 22.5. The van der Waals surface area contributed by atoms with E-state index in [2.05, 4.69) is 5.32 Å². The number of benzene rings is 1. The third kappa shape index (κ3) is 3.88.